The monoisotopic (exact) mass is 240 g/mol. The molecule has 1 saturated carbocycles. The zero-order chi connectivity index (χ0) is 11.4. The third kappa shape index (κ3) is 2.29. The molecule has 0 bridgehead atoms. The molecule has 16 heavy (non-hydrogen) atoms. The van der Waals surface area contributed by atoms with Gasteiger partial charge in [0.2, 0.25) is 0 Å². The van der Waals surface area contributed by atoms with Crippen molar-refractivity contribution >= 4 is 11.3 Å². The maximum atomic E-state index is 5.65. The van der Waals surface area contributed by atoms with Crippen LogP contribution in [0.3, 0.4) is 0 Å². The van der Waals surface area contributed by atoms with Gasteiger partial charge in [-0.05, 0) is 32.7 Å². The van der Waals surface area contributed by atoms with Crippen molar-refractivity contribution < 1.29 is 4.74 Å². The average Bonchev–Trinajstić information content (AvgIpc) is 2.75. The molecule has 0 saturated heterocycles. The van der Waals surface area contributed by atoms with E-state index in [0.717, 1.165) is 32.4 Å². The fraction of sp³-hybridized carbons (Fsp3) is 0.750. The number of hydrogen-bond donors (Lipinski definition) is 1. The van der Waals surface area contributed by atoms with Gasteiger partial charge in [-0.2, -0.15) is 0 Å². The molecule has 3 nitrogen and oxygen atoms in total. The van der Waals surface area contributed by atoms with Gasteiger partial charge in [0, 0.05) is 18.2 Å². The molecule has 2 rings (SSSR count). The van der Waals surface area contributed by atoms with Gasteiger partial charge in [0.05, 0.1) is 11.6 Å². The topological polar surface area (TPSA) is 34.2 Å². The lowest BCUT2D eigenvalue weighted by atomic mass is 9.74. The van der Waals surface area contributed by atoms with Crippen molar-refractivity contribution in [2.24, 2.45) is 0 Å². The quantitative estimate of drug-likeness (QED) is 0.829. The smallest absolute Gasteiger partial charge is 0.113 e. The number of nitrogens with one attached hydrogen (secondary N) is 1. The second-order valence-electron chi connectivity index (χ2n) is 4.33. The highest BCUT2D eigenvalue weighted by molar-refractivity contribution is 7.09. The third-order valence-corrected chi connectivity index (χ3v) is 4.09. The van der Waals surface area contributed by atoms with Crippen molar-refractivity contribution in [3.8, 4) is 0 Å². The molecule has 1 aromatic heterocycles. The number of ether oxygens (including phenoxy) is 1. The predicted octanol–water partition coefficient (Wildman–Crippen LogP) is 2.54. The minimum absolute atomic E-state index is 0.101. The molecule has 1 fully saturated rings. The van der Waals surface area contributed by atoms with E-state index in [4.69, 9.17) is 4.74 Å². The van der Waals surface area contributed by atoms with Crippen molar-refractivity contribution in [2.75, 3.05) is 13.2 Å². The van der Waals surface area contributed by atoms with Crippen molar-refractivity contribution in [1.82, 2.24) is 10.3 Å². The first-order chi connectivity index (χ1) is 7.80. The molecule has 0 amide bonds. The zero-order valence-electron chi connectivity index (χ0n) is 10.0. The molecule has 90 valence electrons. The Morgan fingerprint density at radius 3 is 2.94 bits per heavy atom. The van der Waals surface area contributed by atoms with E-state index < -0.39 is 0 Å². The van der Waals surface area contributed by atoms with Crippen LogP contribution in [0.2, 0.25) is 0 Å². The van der Waals surface area contributed by atoms with Gasteiger partial charge < -0.3 is 10.1 Å². The Morgan fingerprint density at radius 1 is 1.56 bits per heavy atom. The van der Waals surface area contributed by atoms with E-state index in [2.05, 4.69) is 29.5 Å². The largest absolute Gasteiger partial charge is 0.378 e. The molecule has 4 heteroatoms. The number of thiazole rings is 1. The van der Waals surface area contributed by atoms with Gasteiger partial charge in [0.15, 0.2) is 0 Å². The molecular formula is C12H20N2OS. The van der Waals surface area contributed by atoms with Gasteiger partial charge >= 0.3 is 0 Å². The van der Waals surface area contributed by atoms with Gasteiger partial charge in [0.1, 0.15) is 5.01 Å². The van der Waals surface area contributed by atoms with Crippen LogP contribution in [-0.4, -0.2) is 24.2 Å². The minimum Gasteiger partial charge on any atom is -0.378 e. The lowest BCUT2D eigenvalue weighted by molar-refractivity contribution is -0.0535. The fourth-order valence-corrected chi connectivity index (χ4v) is 3.13. The molecule has 1 aromatic rings. The summed E-state index contributed by atoms with van der Waals surface area (Å²) in [5.74, 6) is 0. The Labute approximate surface area is 101 Å². The number of nitrogens with zero attached hydrogens (tertiary/aromatic N) is 1. The first-order valence-electron chi connectivity index (χ1n) is 6.07. The second-order valence-corrected chi connectivity index (χ2v) is 5.23. The number of rotatable bonds is 6. The van der Waals surface area contributed by atoms with Crippen LogP contribution in [0.25, 0.3) is 0 Å². The van der Waals surface area contributed by atoms with Crippen LogP contribution in [0.15, 0.2) is 11.6 Å². The Morgan fingerprint density at radius 2 is 2.38 bits per heavy atom. The summed E-state index contributed by atoms with van der Waals surface area (Å²) in [5.41, 5.74) is 0.101. The predicted molar refractivity (Wildman–Crippen MR) is 66.7 cm³/mol. The molecule has 0 radical (unpaired) electrons. The van der Waals surface area contributed by atoms with Crippen LogP contribution in [0.1, 0.15) is 38.1 Å². The Kier molecular flexibility index (Phi) is 3.95. The molecule has 0 spiro atoms. The van der Waals surface area contributed by atoms with E-state index in [1.165, 1.54) is 5.01 Å². The third-order valence-electron chi connectivity index (χ3n) is 3.11. The van der Waals surface area contributed by atoms with E-state index >= 15 is 0 Å². The summed E-state index contributed by atoms with van der Waals surface area (Å²) >= 11 is 1.75. The molecule has 1 N–H and O–H groups in total. The average molecular weight is 240 g/mol. The summed E-state index contributed by atoms with van der Waals surface area (Å²) in [6.45, 7) is 6.12. The van der Waals surface area contributed by atoms with Crippen LogP contribution >= 0.6 is 11.3 Å². The summed E-state index contributed by atoms with van der Waals surface area (Å²) < 4.78 is 5.65. The molecule has 0 aliphatic heterocycles. The van der Waals surface area contributed by atoms with Crippen molar-refractivity contribution in [3.05, 3.63) is 16.6 Å². The Balaban J connectivity index is 2.00. The van der Waals surface area contributed by atoms with Gasteiger partial charge in [-0.1, -0.05) is 6.92 Å². The highest BCUT2D eigenvalue weighted by Gasteiger charge is 2.47. The van der Waals surface area contributed by atoms with Gasteiger partial charge in [-0.25, -0.2) is 4.98 Å². The van der Waals surface area contributed by atoms with Crippen molar-refractivity contribution in [3.63, 3.8) is 0 Å². The van der Waals surface area contributed by atoms with E-state index in [-0.39, 0.29) is 5.54 Å². The van der Waals surface area contributed by atoms with E-state index in [0.29, 0.717) is 6.10 Å². The summed E-state index contributed by atoms with van der Waals surface area (Å²) in [6.07, 6.45) is 5.59. The molecule has 0 atom stereocenters. The maximum absolute atomic E-state index is 5.65. The first-order valence-corrected chi connectivity index (χ1v) is 6.95. The minimum atomic E-state index is 0.101. The molecule has 1 aliphatic carbocycles. The highest BCUT2D eigenvalue weighted by atomic mass is 32.1. The van der Waals surface area contributed by atoms with Crippen LogP contribution in [0.5, 0.6) is 0 Å². The summed E-state index contributed by atoms with van der Waals surface area (Å²) in [7, 11) is 0. The zero-order valence-corrected chi connectivity index (χ0v) is 10.8. The van der Waals surface area contributed by atoms with Crippen molar-refractivity contribution in [1.29, 1.82) is 0 Å². The summed E-state index contributed by atoms with van der Waals surface area (Å²) in [5, 5.41) is 6.91. The lowest BCUT2D eigenvalue weighted by Gasteiger charge is -2.46. The van der Waals surface area contributed by atoms with E-state index in [9.17, 15) is 0 Å². The van der Waals surface area contributed by atoms with Gasteiger partial charge in [0.25, 0.3) is 0 Å². The highest BCUT2D eigenvalue weighted by Crippen LogP contribution is 2.43. The molecule has 1 heterocycles. The Bertz CT molecular complexity index is 307. The van der Waals surface area contributed by atoms with Gasteiger partial charge in [-0.3, -0.25) is 0 Å². The Hall–Kier alpha value is -0.450. The normalized spacial score (nSPS) is 29.0. The lowest BCUT2D eigenvalue weighted by Crippen LogP contribution is -2.55. The van der Waals surface area contributed by atoms with Gasteiger partial charge in [-0.15, -0.1) is 11.3 Å². The SMILES string of the molecule is CCCNC1(c2nccs2)CC(OCC)C1. The maximum Gasteiger partial charge on any atom is 0.113 e. The van der Waals surface area contributed by atoms with E-state index in [1.54, 1.807) is 11.3 Å². The molecule has 0 unspecified atom stereocenters. The first kappa shape index (κ1) is 12.0. The standard InChI is InChI=1S/C12H20N2OS/c1-3-5-14-12(11-13-6-7-16-11)8-10(9-12)15-4-2/h6-7,10,14H,3-5,8-9H2,1-2H3. The molecule has 1 aliphatic rings. The van der Waals surface area contributed by atoms with Crippen LogP contribution < -0.4 is 5.32 Å². The van der Waals surface area contributed by atoms with Crippen molar-refractivity contribution in [2.45, 2.75) is 44.8 Å². The van der Waals surface area contributed by atoms with Crippen LogP contribution in [0.4, 0.5) is 0 Å². The fourth-order valence-electron chi connectivity index (χ4n) is 2.29. The van der Waals surface area contributed by atoms with E-state index in [1.807, 2.05) is 6.20 Å². The molecular weight excluding hydrogens is 220 g/mol. The number of hydrogen-bond acceptors (Lipinski definition) is 4. The second kappa shape index (κ2) is 5.25. The summed E-state index contributed by atoms with van der Waals surface area (Å²) in [4.78, 5) is 4.46. The summed E-state index contributed by atoms with van der Waals surface area (Å²) in [6, 6.07) is 0. The van der Waals surface area contributed by atoms with Crippen LogP contribution in [-0.2, 0) is 10.3 Å². The van der Waals surface area contributed by atoms with Crippen LogP contribution in [0, 0.1) is 0 Å². The number of aromatic nitrogens is 1. The molecule has 0 aromatic carbocycles.